The summed E-state index contributed by atoms with van der Waals surface area (Å²) in [6.45, 7) is 4.22. The highest BCUT2D eigenvalue weighted by Gasteiger charge is 2.14. The zero-order chi connectivity index (χ0) is 20.1. The Labute approximate surface area is 173 Å². The summed E-state index contributed by atoms with van der Waals surface area (Å²) in [7, 11) is 0. The van der Waals surface area contributed by atoms with Crippen molar-refractivity contribution in [1.29, 1.82) is 0 Å². The van der Waals surface area contributed by atoms with Gasteiger partial charge in [-0.1, -0.05) is 41.4 Å². The van der Waals surface area contributed by atoms with Gasteiger partial charge in [-0.3, -0.25) is 4.79 Å². The van der Waals surface area contributed by atoms with Crippen LogP contribution in [0.5, 0.6) is 11.5 Å². The SMILES string of the molecule is CC(=O)NCCOc1ccc(Cl)c(COc2cc3ccccc3nc2C)c1Cl. The Bertz CT molecular complexity index is 1010. The minimum absolute atomic E-state index is 0.112. The van der Waals surface area contributed by atoms with Crippen LogP contribution in [0.1, 0.15) is 18.2 Å². The molecule has 0 saturated heterocycles. The predicted molar refractivity (Wildman–Crippen MR) is 111 cm³/mol. The van der Waals surface area contributed by atoms with Crippen LogP contribution in [0, 0.1) is 6.92 Å². The van der Waals surface area contributed by atoms with Gasteiger partial charge in [0.15, 0.2) is 0 Å². The number of pyridine rings is 1. The van der Waals surface area contributed by atoms with Crippen molar-refractivity contribution < 1.29 is 14.3 Å². The summed E-state index contributed by atoms with van der Waals surface area (Å²) in [6.07, 6.45) is 0. The maximum absolute atomic E-state index is 10.9. The zero-order valence-corrected chi connectivity index (χ0v) is 17.1. The van der Waals surface area contributed by atoms with E-state index in [-0.39, 0.29) is 12.5 Å². The second-order valence-corrected chi connectivity index (χ2v) is 7.01. The van der Waals surface area contributed by atoms with Gasteiger partial charge in [0.1, 0.15) is 24.7 Å². The third-order valence-corrected chi connectivity index (χ3v) is 4.89. The number of rotatable bonds is 7. The van der Waals surface area contributed by atoms with Gasteiger partial charge in [-0.05, 0) is 31.2 Å². The Balaban J connectivity index is 1.74. The van der Waals surface area contributed by atoms with Gasteiger partial charge in [0.05, 0.1) is 22.8 Å². The molecule has 1 amide bonds. The molecule has 0 saturated carbocycles. The molecule has 1 heterocycles. The second kappa shape index (κ2) is 9.13. The number of fused-ring (bicyclic) bond motifs is 1. The molecule has 3 rings (SSSR count). The Morgan fingerprint density at radius 3 is 2.68 bits per heavy atom. The van der Waals surface area contributed by atoms with E-state index in [0.717, 1.165) is 16.6 Å². The maximum Gasteiger partial charge on any atom is 0.216 e. The standard InChI is InChI=1S/C21H20Cl2N2O3/c1-13-20(11-15-5-3-4-6-18(15)25-13)28-12-16-17(22)7-8-19(21(16)23)27-10-9-24-14(2)26/h3-8,11H,9-10,12H2,1-2H3,(H,24,26). The van der Waals surface area contributed by atoms with Gasteiger partial charge in [0.2, 0.25) is 5.91 Å². The Kier molecular flexibility index (Phi) is 6.60. The van der Waals surface area contributed by atoms with E-state index in [2.05, 4.69) is 10.3 Å². The highest BCUT2D eigenvalue weighted by molar-refractivity contribution is 6.36. The molecular weight excluding hydrogens is 399 g/mol. The number of benzene rings is 2. The molecular formula is C21H20Cl2N2O3. The number of hydrogen-bond donors (Lipinski definition) is 1. The number of aromatic nitrogens is 1. The minimum Gasteiger partial charge on any atom is -0.490 e. The molecule has 3 aromatic rings. The third-order valence-electron chi connectivity index (χ3n) is 4.12. The first-order valence-electron chi connectivity index (χ1n) is 8.79. The molecule has 5 nitrogen and oxygen atoms in total. The molecule has 28 heavy (non-hydrogen) atoms. The minimum atomic E-state index is -0.112. The fourth-order valence-electron chi connectivity index (χ4n) is 2.70. The van der Waals surface area contributed by atoms with Crippen LogP contribution in [0.25, 0.3) is 10.9 Å². The fraction of sp³-hybridized carbons (Fsp3) is 0.238. The number of para-hydroxylation sites is 1. The Hall–Kier alpha value is -2.50. The van der Waals surface area contributed by atoms with Crippen molar-refractivity contribution in [2.45, 2.75) is 20.5 Å². The van der Waals surface area contributed by atoms with E-state index >= 15 is 0 Å². The van der Waals surface area contributed by atoms with Gasteiger partial charge in [0.25, 0.3) is 0 Å². The number of halogens is 2. The predicted octanol–water partition coefficient (Wildman–Crippen LogP) is 4.94. The molecule has 0 unspecified atom stereocenters. The van der Waals surface area contributed by atoms with Crippen LogP contribution in [0.3, 0.4) is 0 Å². The highest BCUT2D eigenvalue weighted by Crippen LogP contribution is 2.34. The molecule has 0 atom stereocenters. The summed E-state index contributed by atoms with van der Waals surface area (Å²) < 4.78 is 11.6. The molecule has 2 aromatic carbocycles. The number of amides is 1. The van der Waals surface area contributed by atoms with Gasteiger partial charge in [0, 0.05) is 22.9 Å². The fourth-order valence-corrected chi connectivity index (χ4v) is 3.23. The first-order chi connectivity index (χ1) is 13.5. The van der Waals surface area contributed by atoms with E-state index in [9.17, 15) is 4.79 Å². The number of ether oxygens (including phenoxy) is 2. The number of nitrogens with one attached hydrogen (secondary N) is 1. The Morgan fingerprint density at radius 1 is 1.11 bits per heavy atom. The second-order valence-electron chi connectivity index (χ2n) is 6.22. The quantitative estimate of drug-likeness (QED) is 0.551. The smallest absolute Gasteiger partial charge is 0.216 e. The van der Waals surface area contributed by atoms with Crippen LogP contribution in [0.4, 0.5) is 0 Å². The normalized spacial score (nSPS) is 10.7. The summed E-state index contributed by atoms with van der Waals surface area (Å²) in [5, 5.41) is 4.54. The van der Waals surface area contributed by atoms with Crippen molar-refractivity contribution in [3.05, 3.63) is 63.8 Å². The molecule has 0 aliphatic heterocycles. The van der Waals surface area contributed by atoms with Crippen LogP contribution >= 0.6 is 23.2 Å². The van der Waals surface area contributed by atoms with Crippen molar-refractivity contribution in [3.8, 4) is 11.5 Å². The van der Waals surface area contributed by atoms with E-state index in [1.807, 2.05) is 37.3 Å². The first-order valence-corrected chi connectivity index (χ1v) is 9.54. The van der Waals surface area contributed by atoms with Crippen molar-refractivity contribution in [2.75, 3.05) is 13.2 Å². The molecule has 0 spiro atoms. The summed E-state index contributed by atoms with van der Waals surface area (Å²) >= 11 is 12.8. The van der Waals surface area contributed by atoms with E-state index < -0.39 is 0 Å². The largest absolute Gasteiger partial charge is 0.490 e. The van der Waals surface area contributed by atoms with E-state index in [4.69, 9.17) is 32.7 Å². The molecule has 146 valence electrons. The maximum atomic E-state index is 10.9. The molecule has 0 radical (unpaired) electrons. The van der Waals surface area contributed by atoms with Gasteiger partial charge in [-0.25, -0.2) is 4.98 Å². The van der Waals surface area contributed by atoms with Crippen LogP contribution in [-0.4, -0.2) is 24.0 Å². The number of nitrogens with zero attached hydrogens (tertiary/aromatic N) is 1. The lowest BCUT2D eigenvalue weighted by Crippen LogP contribution is -2.25. The Morgan fingerprint density at radius 2 is 1.89 bits per heavy atom. The summed E-state index contributed by atoms with van der Waals surface area (Å²) in [5.74, 6) is 1.05. The topological polar surface area (TPSA) is 60.5 Å². The van der Waals surface area contributed by atoms with Crippen molar-refractivity contribution in [3.63, 3.8) is 0 Å². The number of carbonyl (C=O) groups excluding carboxylic acids is 1. The summed E-state index contributed by atoms with van der Waals surface area (Å²) in [4.78, 5) is 15.5. The summed E-state index contributed by atoms with van der Waals surface area (Å²) in [6, 6.07) is 13.2. The monoisotopic (exact) mass is 418 g/mol. The van der Waals surface area contributed by atoms with E-state index in [1.54, 1.807) is 12.1 Å². The molecule has 0 bridgehead atoms. The number of carbonyl (C=O) groups is 1. The van der Waals surface area contributed by atoms with Crippen LogP contribution in [-0.2, 0) is 11.4 Å². The molecule has 0 aliphatic rings. The average molecular weight is 419 g/mol. The van der Waals surface area contributed by atoms with Crippen molar-refractivity contribution in [2.24, 2.45) is 0 Å². The van der Waals surface area contributed by atoms with Crippen LogP contribution in [0.2, 0.25) is 10.0 Å². The molecule has 0 fully saturated rings. The lowest BCUT2D eigenvalue weighted by molar-refractivity contribution is -0.119. The zero-order valence-electron chi connectivity index (χ0n) is 15.6. The van der Waals surface area contributed by atoms with Crippen LogP contribution in [0.15, 0.2) is 42.5 Å². The number of aryl methyl sites for hydroxylation is 1. The third kappa shape index (κ3) is 4.86. The van der Waals surface area contributed by atoms with Crippen molar-refractivity contribution in [1.82, 2.24) is 10.3 Å². The molecule has 1 N–H and O–H groups in total. The highest BCUT2D eigenvalue weighted by atomic mass is 35.5. The van der Waals surface area contributed by atoms with E-state index in [1.165, 1.54) is 6.92 Å². The van der Waals surface area contributed by atoms with Gasteiger partial charge in [-0.15, -0.1) is 0 Å². The lowest BCUT2D eigenvalue weighted by Gasteiger charge is -2.15. The molecule has 1 aromatic heterocycles. The van der Waals surface area contributed by atoms with Crippen molar-refractivity contribution >= 4 is 40.0 Å². The lowest BCUT2D eigenvalue weighted by atomic mass is 10.2. The molecule has 7 heteroatoms. The number of hydrogen-bond acceptors (Lipinski definition) is 4. The van der Waals surface area contributed by atoms with E-state index in [0.29, 0.717) is 40.3 Å². The van der Waals surface area contributed by atoms with Gasteiger partial charge in [-0.2, -0.15) is 0 Å². The average Bonchev–Trinajstić information content (AvgIpc) is 2.66. The van der Waals surface area contributed by atoms with Crippen LogP contribution < -0.4 is 14.8 Å². The summed E-state index contributed by atoms with van der Waals surface area (Å²) in [5.41, 5.74) is 2.33. The van der Waals surface area contributed by atoms with Gasteiger partial charge >= 0.3 is 0 Å². The van der Waals surface area contributed by atoms with Gasteiger partial charge < -0.3 is 14.8 Å². The first kappa shape index (κ1) is 20.2. The molecule has 0 aliphatic carbocycles.